The highest BCUT2D eigenvalue weighted by Gasteiger charge is 2.48. The Balaban J connectivity index is 1.01. The predicted molar refractivity (Wildman–Crippen MR) is 194 cm³/mol. The molecule has 0 radical (unpaired) electrons. The van der Waals surface area contributed by atoms with Gasteiger partial charge in [0, 0.05) is 56.2 Å². The molecule has 2 fully saturated rings. The van der Waals surface area contributed by atoms with E-state index in [0.29, 0.717) is 34.8 Å². The van der Waals surface area contributed by atoms with Crippen molar-refractivity contribution < 1.29 is 41.8 Å². The molecule has 3 heterocycles. The molecule has 53 heavy (non-hydrogen) atoms. The highest BCUT2D eigenvalue weighted by atomic mass is 35.5. The van der Waals surface area contributed by atoms with Gasteiger partial charge < -0.3 is 20.0 Å². The summed E-state index contributed by atoms with van der Waals surface area (Å²) in [6.45, 7) is 3.52. The van der Waals surface area contributed by atoms with Gasteiger partial charge in [0.15, 0.2) is 5.25 Å². The van der Waals surface area contributed by atoms with Crippen LogP contribution in [0.25, 0.3) is 0 Å². The number of aliphatic imine (C=N–C) groups is 1. The van der Waals surface area contributed by atoms with Crippen LogP contribution < -0.4 is 10.2 Å². The molecule has 3 aromatic rings. The minimum Gasteiger partial charge on any atom is -0.353 e. The number of carbonyl (C=O) groups excluding carboxylic acids is 5. The molecule has 0 saturated carbocycles. The average Bonchev–Trinajstić information content (AvgIpc) is 3.33. The van der Waals surface area contributed by atoms with E-state index in [2.05, 4.69) is 22.2 Å². The molecule has 6 rings (SSSR count). The van der Waals surface area contributed by atoms with Crippen LogP contribution in [-0.4, -0.2) is 102 Å². The number of amides is 4. The Morgan fingerprint density at radius 2 is 1.64 bits per heavy atom. The molecule has 1 atom stereocenters. The minimum absolute atomic E-state index is 0.0317. The van der Waals surface area contributed by atoms with Gasteiger partial charge in [-0.15, -0.1) is 5.06 Å². The van der Waals surface area contributed by atoms with E-state index < -0.39 is 39.6 Å². The van der Waals surface area contributed by atoms with Crippen LogP contribution in [0.2, 0.25) is 5.02 Å². The lowest BCUT2D eigenvalue weighted by molar-refractivity contribution is -0.172. The quantitative estimate of drug-likeness (QED) is 0.175. The van der Waals surface area contributed by atoms with Crippen LogP contribution in [0.1, 0.15) is 53.6 Å². The van der Waals surface area contributed by atoms with Gasteiger partial charge in [-0.3, -0.25) is 28.6 Å². The zero-order valence-electron chi connectivity index (χ0n) is 28.7. The van der Waals surface area contributed by atoms with Crippen LogP contribution in [0.15, 0.2) is 71.7 Å². The van der Waals surface area contributed by atoms with Crippen molar-refractivity contribution in [2.45, 2.75) is 43.9 Å². The summed E-state index contributed by atoms with van der Waals surface area (Å²) in [5.74, 6) is -3.10. The third-order valence-electron chi connectivity index (χ3n) is 9.16. The summed E-state index contributed by atoms with van der Waals surface area (Å²) in [7, 11) is -2.76. The number of para-hydroxylation sites is 1. The third-order valence-corrected chi connectivity index (χ3v) is 10.5. The van der Waals surface area contributed by atoms with Gasteiger partial charge in [-0.05, 0) is 67.9 Å². The molecule has 0 aliphatic carbocycles. The van der Waals surface area contributed by atoms with E-state index in [4.69, 9.17) is 26.0 Å². The molecule has 0 bridgehead atoms. The second-order valence-corrected chi connectivity index (χ2v) is 14.9. The number of amidine groups is 1. The third kappa shape index (κ3) is 8.57. The van der Waals surface area contributed by atoms with Crippen molar-refractivity contribution in [3.8, 4) is 0 Å². The topological polar surface area (TPSA) is 186 Å². The van der Waals surface area contributed by atoms with Gasteiger partial charge in [0.05, 0.1) is 29.0 Å². The normalized spacial score (nSPS) is 17.5. The Bertz CT molecular complexity index is 2080. The van der Waals surface area contributed by atoms with Crippen LogP contribution in [0.4, 0.5) is 17.1 Å². The van der Waals surface area contributed by atoms with Crippen LogP contribution in [0, 0.1) is 0 Å². The largest absolute Gasteiger partial charge is 0.363 e. The first-order valence-corrected chi connectivity index (χ1v) is 18.8. The van der Waals surface area contributed by atoms with Crippen molar-refractivity contribution in [1.29, 1.82) is 0 Å². The molecule has 17 heteroatoms. The van der Waals surface area contributed by atoms with Crippen molar-refractivity contribution in [3.05, 3.63) is 88.4 Å². The molecular formula is C36H37ClN6O9S. The summed E-state index contributed by atoms with van der Waals surface area (Å²) in [5.41, 5.74) is 3.43. The minimum atomic E-state index is -4.85. The number of rotatable bonds is 10. The lowest BCUT2D eigenvalue weighted by atomic mass is 10.1. The van der Waals surface area contributed by atoms with Crippen molar-refractivity contribution in [3.63, 3.8) is 0 Å². The molecule has 15 nitrogen and oxygen atoms in total. The van der Waals surface area contributed by atoms with Crippen molar-refractivity contribution in [1.82, 2.24) is 20.2 Å². The number of hydrogen-bond acceptors (Lipinski definition) is 11. The first kappa shape index (κ1) is 37.6. The van der Waals surface area contributed by atoms with E-state index in [-0.39, 0.29) is 41.8 Å². The number of likely N-dealkylation sites (N-methyl/N-ethyl adjacent to an activating group) is 1. The number of nitrogens with zero attached hydrogens (tertiary/aromatic N) is 5. The summed E-state index contributed by atoms with van der Waals surface area (Å²) in [4.78, 5) is 79.2. The van der Waals surface area contributed by atoms with E-state index in [9.17, 15) is 32.4 Å². The van der Waals surface area contributed by atoms with Crippen molar-refractivity contribution in [2.75, 3.05) is 38.1 Å². The van der Waals surface area contributed by atoms with E-state index in [0.717, 1.165) is 43.3 Å². The Morgan fingerprint density at radius 3 is 2.34 bits per heavy atom. The molecule has 3 aliphatic heterocycles. The fourth-order valence-corrected chi connectivity index (χ4v) is 7.10. The molecule has 3 aliphatic rings. The Labute approximate surface area is 310 Å². The molecule has 2 N–H and O–H groups in total. The monoisotopic (exact) mass is 764 g/mol. The maximum atomic E-state index is 13.9. The standard InChI is InChI=1S/C36H37ClN6O9S/c1-40-16-18-41(19-17-40)34-26-6-2-3-7-28(26)42(29-15-14-25(37)20-27(29)39-34)32(45)9-5-4-8-31(44)38-22-23-10-12-24(13-11-23)36(48)52-43-33(46)21-30(35(43)47)53(49,50)51/h2-3,6-7,10-15,20,30H,4-5,8-9,16-19,21-22H2,1H3,(H,38,44)(H,49,50,51). The number of piperazine rings is 1. The van der Waals surface area contributed by atoms with E-state index in [1.54, 1.807) is 17.0 Å². The SMILES string of the molecule is CN1CCN(C2=Nc3cc(Cl)ccc3N(C(=O)CCCCC(=O)NCc3ccc(C(=O)ON4C(=O)CC(S(=O)(=O)O)C4=O)cc3)c3ccccc32)CC1. The number of carbonyl (C=O) groups is 5. The Kier molecular flexibility index (Phi) is 11.2. The second kappa shape index (κ2) is 15.8. The molecule has 1 unspecified atom stereocenters. The Morgan fingerprint density at radius 1 is 0.943 bits per heavy atom. The number of anilines is 2. The van der Waals surface area contributed by atoms with Crippen LogP contribution in [-0.2, 0) is 40.7 Å². The highest BCUT2D eigenvalue weighted by Crippen LogP contribution is 2.42. The van der Waals surface area contributed by atoms with E-state index >= 15 is 0 Å². The zero-order chi connectivity index (χ0) is 37.9. The summed E-state index contributed by atoms with van der Waals surface area (Å²) in [6.07, 6.45) is 0.449. The van der Waals surface area contributed by atoms with Gasteiger partial charge in [-0.25, -0.2) is 9.79 Å². The highest BCUT2D eigenvalue weighted by molar-refractivity contribution is 7.87. The van der Waals surface area contributed by atoms with Crippen LogP contribution >= 0.6 is 11.6 Å². The molecule has 4 amide bonds. The maximum Gasteiger partial charge on any atom is 0.363 e. The first-order valence-electron chi connectivity index (χ1n) is 17.0. The number of imide groups is 1. The second-order valence-electron chi connectivity index (χ2n) is 12.9. The number of hydrogen-bond donors (Lipinski definition) is 2. The molecule has 0 aromatic heterocycles. The summed E-state index contributed by atoms with van der Waals surface area (Å²) in [5, 5.41) is 1.32. The molecule has 2 saturated heterocycles. The maximum absolute atomic E-state index is 13.9. The Hall–Kier alpha value is -5.16. The summed E-state index contributed by atoms with van der Waals surface area (Å²) >= 11 is 6.40. The number of fused-ring (bicyclic) bond motifs is 2. The lowest BCUT2D eigenvalue weighted by Gasteiger charge is -2.35. The fraction of sp³-hybridized carbons (Fsp3) is 0.333. The number of unbranched alkanes of at least 4 members (excludes halogenated alkanes) is 1. The summed E-state index contributed by atoms with van der Waals surface area (Å²) in [6, 6.07) is 18.8. The van der Waals surface area contributed by atoms with Gasteiger partial charge in [0.25, 0.3) is 21.9 Å². The zero-order valence-corrected chi connectivity index (χ0v) is 30.3. The van der Waals surface area contributed by atoms with Crippen molar-refractivity contribution in [2.24, 2.45) is 4.99 Å². The van der Waals surface area contributed by atoms with Crippen LogP contribution in [0.5, 0.6) is 0 Å². The number of hydroxylamine groups is 2. The fourth-order valence-electron chi connectivity index (χ4n) is 6.23. The van der Waals surface area contributed by atoms with E-state index in [1.165, 1.54) is 24.3 Å². The number of benzene rings is 3. The number of halogens is 1. The van der Waals surface area contributed by atoms with Crippen LogP contribution in [0.3, 0.4) is 0 Å². The van der Waals surface area contributed by atoms with Gasteiger partial charge >= 0.3 is 5.97 Å². The molecular weight excluding hydrogens is 728 g/mol. The van der Waals surface area contributed by atoms with Gasteiger partial charge in [-0.1, -0.05) is 35.9 Å². The van der Waals surface area contributed by atoms with E-state index in [1.807, 2.05) is 30.3 Å². The van der Waals surface area contributed by atoms with Gasteiger partial charge in [-0.2, -0.15) is 8.42 Å². The first-order chi connectivity index (χ1) is 25.3. The smallest absolute Gasteiger partial charge is 0.353 e. The van der Waals surface area contributed by atoms with Gasteiger partial charge in [0.1, 0.15) is 5.84 Å². The summed E-state index contributed by atoms with van der Waals surface area (Å²) < 4.78 is 31.7. The molecule has 3 aromatic carbocycles. The average molecular weight is 765 g/mol. The predicted octanol–water partition coefficient (Wildman–Crippen LogP) is 3.61. The van der Waals surface area contributed by atoms with Gasteiger partial charge in [0.2, 0.25) is 11.8 Å². The lowest BCUT2D eigenvalue weighted by Crippen LogP contribution is -2.47. The number of nitrogens with one attached hydrogen (secondary N) is 1. The molecule has 0 spiro atoms. The van der Waals surface area contributed by atoms with Crippen molar-refractivity contribution >= 4 is 74.2 Å². The molecule has 278 valence electrons.